The molecule has 2 heterocycles. The predicted octanol–water partition coefficient (Wildman–Crippen LogP) is 4.06. The zero-order valence-electron chi connectivity index (χ0n) is 14.7. The first-order valence-corrected chi connectivity index (χ1v) is 9.09. The minimum atomic E-state index is 0.378. The number of rotatable bonds is 7. The maximum Gasteiger partial charge on any atom is 0.161 e. The highest BCUT2D eigenvalue weighted by molar-refractivity contribution is 6.29. The van der Waals surface area contributed by atoms with E-state index in [4.69, 9.17) is 21.1 Å². The summed E-state index contributed by atoms with van der Waals surface area (Å²) in [7, 11) is 1.64. The van der Waals surface area contributed by atoms with Crippen LogP contribution >= 0.6 is 11.6 Å². The van der Waals surface area contributed by atoms with Gasteiger partial charge in [-0.2, -0.15) is 0 Å². The van der Waals surface area contributed by atoms with Crippen LogP contribution in [0, 0.1) is 0 Å². The lowest BCUT2D eigenvalue weighted by atomic mass is 10.1. The predicted molar refractivity (Wildman–Crippen MR) is 99.4 cm³/mol. The molecule has 1 aliphatic rings. The van der Waals surface area contributed by atoms with E-state index in [2.05, 4.69) is 22.0 Å². The third kappa shape index (κ3) is 4.61. The Bertz CT molecular complexity index is 694. The summed E-state index contributed by atoms with van der Waals surface area (Å²) in [5.74, 6) is 1.45. The molecule has 5 nitrogen and oxygen atoms in total. The monoisotopic (exact) mass is 361 g/mol. The molecule has 1 fully saturated rings. The number of nitrogens with zero attached hydrogens (tertiary/aromatic N) is 3. The number of aromatic nitrogens is 2. The molecule has 134 valence electrons. The van der Waals surface area contributed by atoms with Gasteiger partial charge in [0, 0.05) is 18.2 Å². The van der Waals surface area contributed by atoms with E-state index in [9.17, 15) is 0 Å². The Hall–Kier alpha value is -1.85. The molecule has 1 saturated heterocycles. The summed E-state index contributed by atoms with van der Waals surface area (Å²) in [6.45, 7) is 5.28. The number of ether oxygens (including phenoxy) is 2. The van der Waals surface area contributed by atoms with Crippen molar-refractivity contribution in [2.45, 2.75) is 32.2 Å². The number of hydrogen-bond acceptors (Lipinski definition) is 5. The summed E-state index contributed by atoms with van der Waals surface area (Å²) in [4.78, 5) is 2.53. The SMILES string of the molecule is COc1cc(-c2ccc(Cl)nn2)ccc1OCCCN1CCC[C@H]1C. The van der Waals surface area contributed by atoms with Crippen molar-refractivity contribution in [2.75, 3.05) is 26.8 Å². The smallest absolute Gasteiger partial charge is 0.161 e. The third-order valence-electron chi connectivity index (χ3n) is 4.63. The first kappa shape index (κ1) is 18.0. The van der Waals surface area contributed by atoms with E-state index in [0.29, 0.717) is 23.6 Å². The molecule has 0 aliphatic carbocycles. The lowest BCUT2D eigenvalue weighted by Crippen LogP contribution is -2.28. The molecule has 1 atom stereocenters. The molecule has 2 aromatic rings. The van der Waals surface area contributed by atoms with Gasteiger partial charge in [-0.1, -0.05) is 11.6 Å². The second-order valence-electron chi connectivity index (χ2n) is 6.34. The second-order valence-corrected chi connectivity index (χ2v) is 6.72. The fourth-order valence-electron chi connectivity index (χ4n) is 3.19. The van der Waals surface area contributed by atoms with Crippen LogP contribution < -0.4 is 9.47 Å². The molecule has 1 aliphatic heterocycles. The molecule has 1 aromatic heterocycles. The molecule has 6 heteroatoms. The molecule has 0 N–H and O–H groups in total. The maximum atomic E-state index is 5.92. The number of benzene rings is 1. The average Bonchev–Trinajstić information content (AvgIpc) is 3.04. The number of hydrogen-bond donors (Lipinski definition) is 0. The average molecular weight is 362 g/mol. The van der Waals surface area contributed by atoms with Gasteiger partial charge in [0.15, 0.2) is 16.7 Å². The first-order chi connectivity index (χ1) is 12.2. The lowest BCUT2D eigenvalue weighted by molar-refractivity contribution is 0.226. The lowest BCUT2D eigenvalue weighted by Gasteiger charge is -2.20. The zero-order chi connectivity index (χ0) is 17.6. The van der Waals surface area contributed by atoms with Gasteiger partial charge in [0.1, 0.15) is 0 Å². The number of halogens is 1. The number of likely N-dealkylation sites (tertiary alicyclic amines) is 1. The van der Waals surface area contributed by atoms with Crippen molar-refractivity contribution in [3.8, 4) is 22.8 Å². The molecule has 25 heavy (non-hydrogen) atoms. The molecule has 1 aromatic carbocycles. The van der Waals surface area contributed by atoms with Crippen LogP contribution in [-0.2, 0) is 0 Å². The highest BCUT2D eigenvalue weighted by atomic mass is 35.5. The summed E-state index contributed by atoms with van der Waals surface area (Å²) in [5.41, 5.74) is 1.66. The maximum absolute atomic E-state index is 5.92. The Balaban J connectivity index is 1.59. The van der Waals surface area contributed by atoms with Crippen LogP contribution in [0.3, 0.4) is 0 Å². The molecular formula is C19H24ClN3O2. The zero-order valence-corrected chi connectivity index (χ0v) is 15.5. The highest BCUT2D eigenvalue weighted by Gasteiger charge is 2.19. The minimum Gasteiger partial charge on any atom is -0.493 e. The van der Waals surface area contributed by atoms with Crippen molar-refractivity contribution < 1.29 is 9.47 Å². The van der Waals surface area contributed by atoms with Crippen molar-refractivity contribution in [2.24, 2.45) is 0 Å². The van der Waals surface area contributed by atoms with Gasteiger partial charge in [-0.15, -0.1) is 10.2 Å². The quantitative estimate of drug-likeness (QED) is 0.696. The molecule has 0 spiro atoms. The van der Waals surface area contributed by atoms with Gasteiger partial charge in [-0.3, -0.25) is 0 Å². The topological polar surface area (TPSA) is 47.5 Å². The van der Waals surface area contributed by atoms with Crippen molar-refractivity contribution in [1.82, 2.24) is 15.1 Å². The van der Waals surface area contributed by atoms with Crippen LogP contribution in [0.1, 0.15) is 26.2 Å². The Morgan fingerprint density at radius 2 is 2.08 bits per heavy atom. The summed E-state index contributed by atoms with van der Waals surface area (Å²) in [6, 6.07) is 10.0. The van der Waals surface area contributed by atoms with Gasteiger partial charge < -0.3 is 14.4 Å². The third-order valence-corrected chi connectivity index (χ3v) is 4.83. The van der Waals surface area contributed by atoms with E-state index in [-0.39, 0.29) is 0 Å². The van der Waals surface area contributed by atoms with E-state index >= 15 is 0 Å². The fourth-order valence-corrected chi connectivity index (χ4v) is 3.29. The van der Waals surface area contributed by atoms with Crippen LogP contribution in [0.4, 0.5) is 0 Å². The molecule has 3 rings (SSSR count). The molecule has 0 saturated carbocycles. The van der Waals surface area contributed by atoms with Gasteiger partial charge in [0.05, 0.1) is 19.4 Å². The van der Waals surface area contributed by atoms with E-state index in [0.717, 1.165) is 30.0 Å². The van der Waals surface area contributed by atoms with Crippen LogP contribution in [0.2, 0.25) is 5.15 Å². The Kier molecular flexibility index (Phi) is 6.10. The van der Waals surface area contributed by atoms with Crippen LogP contribution in [0.15, 0.2) is 30.3 Å². The molecular weight excluding hydrogens is 338 g/mol. The van der Waals surface area contributed by atoms with Gasteiger partial charge in [0.25, 0.3) is 0 Å². The van der Waals surface area contributed by atoms with Crippen molar-refractivity contribution in [3.05, 3.63) is 35.5 Å². The standard InChI is InChI=1S/C19H24ClN3O2/c1-14-5-3-10-23(14)11-4-12-25-17-8-6-15(13-18(17)24-2)16-7-9-19(20)22-21-16/h6-9,13-14H,3-5,10-12H2,1-2H3/t14-/m1/s1. The molecule has 0 unspecified atom stereocenters. The minimum absolute atomic E-state index is 0.378. The van der Waals surface area contributed by atoms with E-state index in [1.807, 2.05) is 24.3 Å². The Morgan fingerprint density at radius 1 is 1.20 bits per heavy atom. The van der Waals surface area contributed by atoms with Gasteiger partial charge >= 0.3 is 0 Å². The first-order valence-electron chi connectivity index (χ1n) is 8.72. The van der Waals surface area contributed by atoms with Crippen LogP contribution in [0.5, 0.6) is 11.5 Å². The number of methoxy groups -OCH3 is 1. The van der Waals surface area contributed by atoms with Crippen molar-refractivity contribution in [3.63, 3.8) is 0 Å². The normalized spacial score (nSPS) is 17.6. The van der Waals surface area contributed by atoms with E-state index in [1.165, 1.54) is 19.4 Å². The van der Waals surface area contributed by atoms with Crippen LogP contribution in [0.25, 0.3) is 11.3 Å². The van der Waals surface area contributed by atoms with Gasteiger partial charge in [-0.25, -0.2) is 0 Å². The fraction of sp³-hybridized carbons (Fsp3) is 0.474. The van der Waals surface area contributed by atoms with Gasteiger partial charge in [0.2, 0.25) is 0 Å². The van der Waals surface area contributed by atoms with Crippen LogP contribution in [-0.4, -0.2) is 47.9 Å². The molecule has 0 bridgehead atoms. The van der Waals surface area contributed by atoms with E-state index < -0.39 is 0 Å². The molecule has 0 radical (unpaired) electrons. The Labute approximate surface area is 153 Å². The summed E-state index contributed by atoms with van der Waals surface area (Å²) < 4.78 is 11.4. The molecule has 0 amide bonds. The summed E-state index contributed by atoms with van der Waals surface area (Å²) in [5, 5.41) is 8.35. The van der Waals surface area contributed by atoms with Gasteiger partial charge in [-0.05, 0) is 63.1 Å². The highest BCUT2D eigenvalue weighted by Crippen LogP contribution is 2.32. The summed E-state index contributed by atoms with van der Waals surface area (Å²) in [6.07, 6.45) is 3.63. The second kappa shape index (κ2) is 8.50. The van der Waals surface area contributed by atoms with Crippen molar-refractivity contribution in [1.29, 1.82) is 0 Å². The largest absolute Gasteiger partial charge is 0.493 e. The summed E-state index contributed by atoms with van der Waals surface area (Å²) >= 11 is 5.79. The Morgan fingerprint density at radius 3 is 2.76 bits per heavy atom. The van der Waals surface area contributed by atoms with E-state index in [1.54, 1.807) is 13.2 Å². The van der Waals surface area contributed by atoms with Crippen molar-refractivity contribution >= 4 is 11.6 Å².